The number of hydrogen-bond donors (Lipinski definition) is 4. The number of carbonyl (C=O) groups excluding carboxylic acids is 2. The second kappa shape index (κ2) is 10.7. The monoisotopic (exact) mass is 561 g/mol. The van der Waals surface area contributed by atoms with Crippen LogP contribution in [0.4, 0.5) is 23.2 Å². The first-order chi connectivity index (χ1) is 17.7. The molecule has 2 heterocycles. The Labute approximate surface area is 217 Å². The second-order valence-electron chi connectivity index (χ2n) is 9.33. The van der Waals surface area contributed by atoms with Crippen molar-refractivity contribution in [2.45, 2.75) is 36.2 Å². The quantitative estimate of drug-likeness (QED) is 0.381. The first-order valence-corrected chi connectivity index (χ1v) is 13.3. The Morgan fingerprint density at radius 2 is 2.00 bits per heavy atom. The summed E-state index contributed by atoms with van der Waals surface area (Å²) in [6.07, 6.45) is -5.37. The molecule has 0 aliphatic carbocycles. The lowest BCUT2D eigenvalue weighted by Crippen LogP contribution is -2.39. The number of alkyl halides is 3. The molecule has 1 fully saturated rings. The highest BCUT2D eigenvalue weighted by Crippen LogP contribution is 2.53. The lowest BCUT2D eigenvalue weighted by Gasteiger charge is -2.37. The van der Waals surface area contributed by atoms with Crippen LogP contribution in [0.1, 0.15) is 23.6 Å². The molecule has 2 atom stereocenters. The molecule has 4 rings (SSSR count). The van der Waals surface area contributed by atoms with Gasteiger partial charge in [0, 0.05) is 26.7 Å². The number of β-amino-alcohol motifs (C(OH)–C–C–N with tert-alkyl or cyclic N) is 1. The summed E-state index contributed by atoms with van der Waals surface area (Å²) >= 11 is 0. The number of amides is 2. The number of fused-ring (bicyclic) bond motifs is 1. The summed E-state index contributed by atoms with van der Waals surface area (Å²) in [5, 5.41) is 12.5. The molecule has 0 bridgehead atoms. The third-order valence-electron chi connectivity index (χ3n) is 6.46. The number of rotatable bonds is 7. The summed E-state index contributed by atoms with van der Waals surface area (Å²) in [6.45, 7) is 0.976. The lowest BCUT2D eigenvalue weighted by molar-refractivity contribution is -0.275. The molecule has 14 heteroatoms. The molecular formula is C24H27F4N3O6S. The molecule has 2 aliphatic heterocycles. The third-order valence-corrected chi connectivity index (χ3v) is 8.19. The Balaban J connectivity index is 1.59. The van der Waals surface area contributed by atoms with Crippen molar-refractivity contribution >= 4 is 28.1 Å². The fraction of sp³-hybridized carbons (Fsp3) is 0.417. The summed E-state index contributed by atoms with van der Waals surface area (Å²) < 4.78 is 76.7. The van der Waals surface area contributed by atoms with Crippen LogP contribution in [0.3, 0.4) is 0 Å². The molecule has 0 radical (unpaired) electrons. The second-order valence-corrected chi connectivity index (χ2v) is 11.4. The van der Waals surface area contributed by atoms with E-state index in [4.69, 9.17) is 0 Å². The molecule has 0 unspecified atom stereocenters. The van der Waals surface area contributed by atoms with E-state index in [2.05, 4.69) is 10.1 Å². The number of nitrogens with one attached hydrogen (secondary N) is 1. The number of aliphatic hydroxyl groups is 1. The fourth-order valence-electron chi connectivity index (χ4n) is 4.59. The van der Waals surface area contributed by atoms with Crippen molar-refractivity contribution in [1.82, 2.24) is 9.80 Å². The van der Waals surface area contributed by atoms with Crippen LogP contribution < -0.4 is 10.1 Å². The highest BCUT2D eigenvalue weighted by molar-refractivity contribution is 8.25. The maximum absolute atomic E-state index is 14.1. The number of likely N-dealkylation sites (N-methyl/N-ethyl adjacent to an activating group) is 1. The lowest BCUT2D eigenvalue weighted by atomic mass is 10.0. The van der Waals surface area contributed by atoms with E-state index in [1.165, 1.54) is 36.2 Å². The summed E-state index contributed by atoms with van der Waals surface area (Å²) in [4.78, 5) is 28.5. The van der Waals surface area contributed by atoms with Crippen molar-refractivity contribution in [3.8, 4) is 5.75 Å². The Hall–Kier alpha value is -2.91. The molecule has 0 spiro atoms. The molecule has 9 nitrogen and oxygen atoms in total. The molecule has 2 aromatic rings. The Morgan fingerprint density at radius 1 is 1.26 bits per heavy atom. The van der Waals surface area contributed by atoms with E-state index in [0.717, 1.165) is 12.1 Å². The summed E-state index contributed by atoms with van der Waals surface area (Å²) in [5.41, 5.74) is 0.840. The average molecular weight is 562 g/mol. The topological polar surface area (TPSA) is 123 Å². The average Bonchev–Trinajstić information content (AvgIpc) is 3.21. The van der Waals surface area contributed by atoms with Gasteiger partial charge < -0.3 is 20.1 Å². The van der Waals surface area contributed by atoms with E-state index in [-0.39, 0.29) is 29.1 Å². The van der Waals surface area contributed by atoms with Crippen molar-refractivity contribution in [3.05, 3.63) is 53.3 Å². The minimum Gasteiger partial charge on any atom is -0.403 e. The predicted octanol–water partition coefficient (Wildman–Crippen LogP) is 3.59. The fourth-order valence-corrected chi connectivity index (χ4v) is 5.94. The van der Waals surface area contributed by atoms with Gasteiger partial charge in [0.1, 0.15) is 5.75 Å². The minimum absolute atomic E-state index is 0.163. The highest BCUT2D eigenvalue weighted by atomic mass is 32.3. The summed E-state index contributed by atoms with van der Waals surface area (Å²) in [6, 6.07) is 6.62. The van der Waals surface area contributed by atoms with Gasteiger partial charge in [-0.15, -0.1) is 13.2 Å². The van der Waals surface area contributed by atoms with E-state index >= 15 is 0 Å². The van der Waals surface area contributed by atoms with Crippen molar-refractivity contribution in [2.75, 3.05) is 37.8 Å². The smallest absolute Gasteiger partial charge is 0.403 e. The first kappa shape index (κ1) is 28.1. The maximum atomic E-state index is 14.1. The minimum atomic E-state index is -5.11. The molecule has 0 saturated carbocycles. The van der Waals surface area contributed by atoms with Crippen LogP contribution in [-0.4, -0.2) is 80.7 Å². The van der Waals surface area contributed by atoms with Crippen LogP contribution >= 0.6 is 10.6 Å². The van der Waals surface area contributed by atoms with E-state index in [0.29, 0.717) is 25.1 Å². The molecule has 2 amide bonds. The van der Waals surface area contributed by atoms with Gasteiger partial charge in [-0.2, -0.15) is 10.6 Å². The van der Waals surface area contributed by atoms with Crippen LogP contribution in [-0.2, 0) is 16.0 Å². The Bertz CT molecular complexity index is 1230. The van der Waals surface area contributed by atoms with Gasteiger partial charge in [-0.3, -0.25) is 23.6 Å². The zero-order valence-corrected chi connectivity index (χ0v) is 21.1. The number of halogens is 4. The van der Waals surface area contributed by atoms with Gasteiger partial charge in [0.2, 0.25) is 11.8 Å². The van der Waals surface area contributed by atoms with Gasteiger partial charge >= 0.3 is 6.36 Å². The van der Waals surface area contributed by atoms with Crippen molar-refractivity contribution in [2.24, 2.45) is 0 Å². The van der Waals surface area contributed by atoms with Crippen LogP contribution in [0.15, 0.2) is 41.3 Å². The van der Waals surface area contributed by atoms with Crippen LogP contribution in [0.2, 0.25) is 0 Å². The van der Waals surface area contributed by atoms with Crippen molar-refractivity contribution < 1.29 is 46.1 Å². The Kier molecular flexibility index (Phi) is 7.91. The zero-order valence-electron chi connectivity index (χ0n) is 20.2. The highest BCUT2D eigenvalue weighted by Gasteiger charge is 2.34. The molecule has 2 aliphatic rings. The van der Waals surface area contributed by atoms with Crippen molar-refractivity contribution in [3.63, 3.8) is 0 Å². The molecular weight excluding hydrogens is 534 g/mol. The van der Waals surface area contributed by atoms with E-state index in [1.807, 2.05) is 4.90 Å². The summed E-state index contributed by atoms with van der Waals surface area (Å²) in [5.74, 6) is -3.69. The van der Waals surface area contributed by atoms with Gasteiger partial charge in [0.15, 0.2) is 11.6 Å². The number of hydrogen-bond acceptors (Lipinski definition) is 7. The number of ether oxygens (including phenoxy) is 1. The normalized spacial score (nSPS) is 20.8. The number of benzene rings is 2. The van der Waals surface area contributed by atoms with E-state index < -0.39 is 58.2 Å². The van der Waals surface area contributed by atoms with Crippen LogP contribution in [0.25, 0.3) is 0 Å². The van der Waals surface area contributed by atoms with Crippen LogP contribution in [0, 0.1) is 5.82 Å². The number of carbonyl (C=O) groups is 2. The number of nitrogens with zero attached hydrogens (tertiary/aromatic N) is 2. The molecule has 208 valence electrons. The maximum Gasteiger partial charge on any atom is 0.573 e. The van der Waals surface area contributed by atoms with E-state index in [9.17, 15) is 41.4 Å². The molecule has 1 saturated heterocycles. The van der Waals surface area contributed by atoms with Gasteiger partial charge in [0.05, 0.1) is 29.1 Å². The first-order valence-electron chi connectivity index (χ1n) is 11.6. The van der Waals surface area contributed by atoms with Gasteiger partial charge in [-0.1, -0.05) is 12.1 Å². The SMILES string of the molecule is CN(C(=O)Cc1ccc2c(c1)NC(=O)CS2(O)O)[C@H](CN1CC[C@H](O)C1)c1ccc(F)c(OC(F)(F)F)c1. The summed E-state index contributed by atoms with van der Waals surface area (Å²) in [7, 11) is -1.83. The van der Waals surface area contributed by atoms with Crippen LogP contribution in [0.5, 0.6) is 5.75 Å². The predicted molar refractivity (Wildman–Crippen MR) is 130 cm³/mol. The largest absolute Gasteiger partial charge is 0.573 e. The third kappa shape index (κ3) is 6.56. The van der Waals surface area contributed by atoms with Gasteiger partial charge in [-0.05, 0) is 41.8 Å². The Morgan fingerprint density at radius 3 is 2.66 bits per heavy atom. The molecule has 38 heavy (non-hydrogen) atoms. The number of aliphatic hydroxyl groups excluding tert-OH is 1. The number of anilines is 1. The van der Waals surface area contributed by atoms with Crippen molar-refractivity contribution in [1.29, 1.82) is 0 Å². The molecule has 4 N–H and O–H groups in total. The van der Waals surface area contributed by atoms with E-state index in [1.54, 1.807) is 0 Å². The standard InChI is InChI=1S/C24H27F4N3O6S/c1-30(23(34)9-14-2-5-21-18(8-14)29-22(33)13-38(21,35)36)19(12-31-7-6-16(32)11-31)15-3-4-17(25)20(10-15)37-24(26,27)28/h2-5,8,10,16,19,32,35-36H,6-7,9,11-13H2,1H3,(H,29,33)/t16-,19+/m0/s1. The van der Waals surface area contributed by atoms with Gasteiger partial charge in [-0.25, -0.2) is 4.39 Å². The zero-order chi connectivity index (χ0) is 27.8. The molecule has 2 aromatic carbocycles. The van der Waals surface area contributed by atoms with Gasteiger partial charge in [0.25, 0.3) is 0 Å². The molecule has 0 aromatic heterocycles. The number of likely N-dealkylation sites (tertiary alicyclic amines) is 1.